The first-order valence-electron chi connectivity index (χ1n) is 6.96. The number of ether oxygens (including phenoxy) is 1. The fraction of sp³-hybridized carbons (Fsp3) is 0.467. The summed E-state index contributed by atoms with van der Waals surface area (Å²) in [7, 11) is 0. The molecular formula is C15H19N3O2. The van der Waals surface area contributed by atoms with Crippen LogP contribution in [0.4, 0.5) is 5.82 Å². The molecule has 0 aliphatic carbocycles. The Morgan fingerprint density at radius 2 is 2.40 bits per heavy atom. The molecule has 1 aromatic heterocycles. The summed E-state index contributed by atoms with van der Waals surface area (Å²) in [6.45, 7) is 8.44. The van der Waals surface area contributed by atoms with Crippen LogP contribution in [0.15, 0.2) is 24.9 Å². The molecule has 1 aromatic rings. The Morgan fingerprint density at radius 1 is 1.55 bits per heavy atom. The van der Waals surface area contributed by atoms with E-state index in [1.807, 2.05) is 24.1 Å². The van der Waals surface area contributed by atoms with Crippen LogP contribution in [0.2, 0.25) is 0 Å². The lowest BCUT2D eigenvalue weighted by molar-refractivity contribution is -0.126. The number of hydrogen-bond donors (Lipinski definition) is 0. The number of piperazine rings is 1. The SMILES string of the molecule is C=CC(=O)N1CCN2c3ncc(C)cc3OCCC2C1. The molecule has 5 heteroatoms. The maximum atomic E-state index is 11.8. The van der Waals surface area contributed by atoms with Crippen molar-refractivity contribution in [1.82, 2.24) is 9.88 Å². The van der Waals surface area contributed by atoms with Gasteiger partial charge < -0.3 is 14.5 Å². The minimum Gasteiger partial charge on any atom is -0.490 e. The van der Waals surface area contributed by atoms with Crippen molar-refractivity contribution in [3.05, 3.63) is 30.5 Å². The van der Waals surface area contributed by atoms with Crippen molar-refractivity contribution in [3.63, 3.8) is 0 Å². The Morgan fingerprint density at radius 3 is 3.20 bits per heavy atom. The number of hydrogen-bond acceptors (Lipinski definition) is 4. The minimum atomic E-state index is 0.00639. The van der Waals surface area contributed by atoms with E-state index >= 15 is 0 Å². The zero-order valence-electron chi connectivity index (χ0n) is 11.7. The van der Waals surface area contributed by atoms with Crippen molar-refractivity contribution < 1.29 is 9.53 Å². The van der Waals surface area contributed by atoms with E-state index in [-0.39, 0.29) is 11.9 Å². The molecule has 5 nitrogen and oxygen atoms in total. The molecule has 1 fully saturated rings. The Labute approximate surface area is 118 Å². The highest BCUT2D eigenvalue weighted by molar-refractivity contribution is 5.87. The van der Waals surface area contributed by atoms with Crippen LogP contribution in [-0.2, 0) is 4.79 Å². The highest BCUT2D eigenvalue weighted by Crippen LogP contribution is 2.33. The topological polar surface area (TPSA) is 45.7 Å². The molecular weight excluding hydrogens is 254 g/mol. The Bertz CT molecular complexity index is 544. The van der Waals surface area contributed by atoms with Crippen molar-refractivity contribution in [2.45, 2.75) is 19.4 Å². The summed E-state index contributed by atoms with van der Waals surface area (Å²) in [5.74, 6) is 1.77. The number of anilines is 1. The molecule has 2 aliphatic heterocycles. The Kier molecular flexibility index (Phi) is 3.34. The summed E-state index contributed by atoms with van der Waals surface area (Å²) in [4.78, 5) is 20.4. The zero-order chi connectivity index (χ0) is 14.1. The third-order valence-corrected chi connectivity index (χ3v) is 3.92. The van der Waals surface area contributed by atoms with Crippen LogP contribution in [-0.4, -0.2) is 48.1 Å². The number of carbonyl (C=O) groups is 1. The summed E-state index contributed by atoms with van der Waals surface area (Å²) in [5.41, 5.74) is 1.10. The van der Waals surface area contributed by atoms with Crippen molar-refractivity contribution in [2.24, 2.45) is 0 Å². The first-order valence-corrected chi connectivity index (χ1v) is 6.96. The normalized spacial score (nSPS) is 21.4. The van der Waals surface area contributed by atoms with Crippen molar-refractivity contribution in [1.29, 1.82) is 0 Å². The number of aromatic nitrogens is 1. The number of pyridine rings is 1. The van der Waals surface area contributed by atoms with Crippen LogP contribution in [0, 0.1) is 6.92 Å². The molecule has 3 heterocycles. The summed E-state index contributed by atoms with van der Waals surface area (Å²) < 4.78 is 5.82. The van der Waals surface area contributed by atoms with Crippen LogP contribution in [0.25, 0.3) is 0 Å². The van der Waals surface area contributed by atoms with Gasteiger partial charge in [0, 0.05) is 32.3 Å². The second kappa shape index (κ2) is 5.15. The van der Waals surface area contributed by atoms with E-state index in [0.717, 1.165) is 30.1 Å². The van der Waals surface area contributed by atoms with Gasteiger partial charge in [-0.05, 0) is 24.6 Å². The van der Waals surface area contributed by atoms with Crippen LogP contribution in [0.3, 0.4) is 0 Å². The molecule has 3 rings (SSSR count). The van der Waals surface area contributed by atoms with E-state index in [1.54, 1.807) is 0 Å². The van der Waals surface area contributed by atoms with Gasteiger partial charge in [0.05, 0.1) is 12.6 Å². The van der Waals surface area contributed by atoms with Gasteiger partial charge >= 0.3 is 0 Å². The summed E-state index contributed by atoms with van der Waals surface area (Å²) >= 11 is 0. The predicted octanol–water partition coefficient (Wildman–Crippen LogP) is 1.38. The molecule has 20 heavy (non-hydrogen) atoms. The molecule has 0 radical (unpaired) electrons. The van der Waals surface area contributed by atoms with Crippen LogP contribution in [0.5, 0.6) is 5.75 Å². The maximum absolute atomic E-state index is 11.8. The lowest BCUT2D eigenvalue weighted by Gasteiger charge is -2.40. The van der Waals surface area contributed by atoms with Crippen molar-refractivity contribution in [2.75, 3.05) is 31.1 Å². The smallest absolute Gasteiger partial charge is 0.246 e. The third-order valence-electron chi connectivity index (χ3n) is 3.92. The highest BCUT2D eigenvalue weighted by atomic mass is 16.5. The maximum Gasteiger partial charge on any atom is 0.246 e. The van der Waals surface area contributed by atoms with E-state index in [1.165, 1.54) is 6.08 Å². The van der Waals surface area contributed by atoms with E-state index in [9.17, 15) is 4.79 Å². The van der Waals surface area contributed by atoms with Gasteiger partial charge in [-0.2, -0.15) is 0 Å². The van der Waals surface area contributed by atoms with E-state index < -0.39 is 0 Å². The standard InChI is InChI=1S/C15H19N3O2/c1-3-14(19)17-5-6-18-12(10-17)4-7-20-13-8-11(2)9-16-15(13)18/h3,8-9,12H,1,4-7,10H2,2H3. The molecule has 1 amide bonds. The van der Waals surface area contributed by atoms with Gasteiger partial charge in [0.25, 0.3) is 0 Å². The number of fused-ring (bicyclic) bond motifs is 3. The molecule has 2 aliphatic rings. The number of aryl methyl sites for hydroxylation is 1. The third kappa shape index (κ3) is 2.24. The second-order valence-electron chi connectivity index (χ2n) is 5.31. The lowest BCUT2D eigenvalue weighted by atomic mass is 10.1. The zero-order valence-corrected chi connectivity index (χ0v) is 11.7. The molecule has 0 N–H and O–H groups in total. The average molecular weight is 273 g/mol. The fourth-order valence-corrected chi connectivity index (χ4v) is 2.87. The number of amides is 1. The second-order valence-corrected chi connectivity index (χ2v) is 5.31. The molecule has 1 unspecified atom stereocenters. The molecule has 0 spiro atoms. The largest absolute Gasteiger partial charge is 0.490 e. The van der Waals surface area contributed by atoms with Gasteiger partial charge in [0.1, 0.15) is 0 Å². The first kappa shape index (κ1) is 13.0. The predicted molar refractivity (Wildman–Crippen MR) is 77.0 cm³/mol. The lowest BCUT2D eigenvalue weighted by Crippen LogP contribution is -2.54. The molecule has 1 atom stereocenters. The molecule has 0 bridgehead atoms. The van der Waals surface area contributed by atoms with Crippen molar-refractivity contribution in [3.8, 4) is 5.75 Å². The van der Waals surface area contributed by atoms with E-state index in [4.69, 9.17) is 4.74 Å². The fourth-order valence-electron chi connectivity index (χ4n) is 2.87. The number of nitrogens with zero attached hydrogens (tertiary/aromatic N) is 3. The van der Waals surface area contributed by atoms with Gasteiger partial charge in [0.15, 0.2) is 11.6 Å². The summed E-state index contributed by atoms with van der Waals surface area (Å²) in [6.07, 6.45) is 4.15. The van der Waals surface area contributed by atoms with Crippen LogP contribution in [0.1, 0.15) is 12.0 Å². The molecule has 0 saturated carbocycles. The quantitative estimate of drug-likeness (QED) is 0.725. The van der Waals surface area contributed by atoms with Gasteiger partial charge in [-0.1, -0.05) is 6.58 Å². The Balaban J connectivity index is 1.87. The average Bonchev–Trinajstić information content (AvgIpc) is 2.64. The summed E-state index contributed by atoms with van der Waals surface area (Å²) in [5, 5.41) is 0. The van der Waals surface area contributed by atoms with Gasteiger partial charge in [-0.3, -0.25) is 4.79 Å². The number of rotatable bonds is 1. The monoisotopic (exact) mass is 273 g/mol. The molecule has 0 aromatic carbocycles. The Hall–Kier alpha value is -2.04. The van der Waals surface area contributed by atoms with Gasteiger partial charge in [-0.15, -0.1) is 0 Å². The van der Waals surface area contributed by atoms with Crippen LogP contribution >= 0.6 is 0 Å². The van der Waals surface area contributed by atoms with E-state index in [0.29, 0.717) is 19.7 Å². The first-order chi connectivity index (χ1) is 9.69. The van der Waals surface area contributed by atoms with Crippen LogP contribution < -0.4 is 9.64 Å². The van der Waals surface area contributed by atoms with Gasteiger partial charge in [-0.25, -0.2) is 4.98 Å². The van der Waals surface area contributed by atoms with Gasteiger partial charge in [0.2, 0.25) is 5.91 Å². The summed E-state index contributed by atoms with van der Waals surface area (Å²) in [6, 6.07) is 2.30. The highest BCUT2D eigenvalue weighted by Gasteiger charge is 2.32. The van der Waals surface area contributed by atoms with Crippen molar-refractivity contribution >= 4 is 11.7 Å². The van der Waals surface area contributed by atoms with E-state index in [2.05, 4.69) is 16.5 Å². The minimum absolute atomic E-state index is 0.00639. The number of carbonyl (C=O) groups excluding carboxylic acids is 1. The molecule has 106 valence electrons. The molecule has 1 saturated heterocycles.